The Labute approximate surface area is 218 Å². The monoisotopic (exact) mass is 509 g/mol. The number of fused-ring (bicyclic) bond motifs is 1. The summed E-state index contributed by atoms with van der Waals surface area (Å²) in [5.74, 6) is 0.403. The summed E-state index contributed by atoms with van der Waals surface area (Å²) in [6, 6.07) is 31.1. The summed E-state index contributed by atoms with van der Waals surface area (Å²) in [7, 11) is 0. The van der Waals surface area contributed by atoms with E-state index in [-0.39, 0.29) is 11.0 Å². The number of nitrogens with zero attached hydrogens (tertiary/aromatic N) is 1. The average Bonchev–Trinajstić information content (AvgIpc) is 3.34. The predicted molar refractivity (Wildman–Crippen MR) is 151 cm³/mol. The van der Waals surface area contributed by atoms with E-state index in [0.29, 0.717) is 17.9 Å². The second-order valence-corrected chi connectivity index (χ2v) is 9.66. The average molecular weight is 510 g/mol. The topological polar surface area (TPSA) is 63.2 Å². The van der Waals surface area contributed by atoms with Crippen LogP contribution in [0.2, 0.25) is 0 Å². The molecule has 0 saturated carbocycles. The zero-order valence-corrected chi connectivity index (χ0v) is 21.2. The van der Waals surface area contributed by atoms with Gasteiger partial charge in [0.05, 0.1) is 10.2 Å². The number of amides is 1. The number of benzene rings is 4. The molecule has 0 spiro atoms. The van der Waals surface area contributed by atoms with Crippen LogP contribution in [0.5, 0.6) is 5.75 Å². The number of carbonyl (C=O) groups excluding carboxylic acids is 1. The van der Waals surface area contributed by atoms with Crippen molar-refractivity contribution in [2.45, 2.75) is 13.5 Å². The van der Waals surface area contributed by atoms with E-state index in [1.807, 2.05) is 73.7 Å². The molecule has 1 aromatic heterocycles. The van der Waals surface area contributed by atoms with Crippen molar-refractivity contribution in [1.82, 2.24) is 10.3 Å². The molecule has 1 heterocycles. The summed E-state index contributed by atoms with van der Waals surface area (Å²) in [5, 5.41) is 7.08. The number of hydrogen-bond acceptors (Lipinski definition) is 5. The molecule has 36 heavy (non-hydrogen) atoms. The molecule has 1 amide bonds. The Morgan fingerprint density at radius 1 is 0.944 bits per heavy atom. The van der Waals surface area contributed by atoms with Crippen molar-refractivity contribution < 1.29 is 9.53 Å². The van der Waals surface area contributed by atoms with Crippen molar-refractivity contribution in [3.63, 3.8) is 0 Å². The quantitative estimate of drug-likeness (QED) is 0.242. The Balaban J connectivity index is 1.21. The summed E-state index contributed by atoms with van der Waals surface area (Å²) < 4.78 is 6.93. The lowest BCUT2D eigenvalue weighted by Gasteiger charge is -2.13. The zero-order valence-electron chi connectivity index (χ0n) is 19.5. The third-order valence-electron chi connectivity index (χ3n) is 5.62. The SMILES string of the molecule is Cc1ccc(-c2nc3ccccc3s2)cc1NC(=S)NC(=O)c1ccc(OCc2ccccc2)cc1. The Morgan fingerprint density at radius 3 is 2.47 bits per heavy atom. The molecule has 7 heteroatoms. The molecule has 0 fully saturated rings. The lowest BCUT2D eigenvalue weighted by Crippen LogP contribution is -2.34. The molecule has 0 bridgehead atoms. The first kappa shape index (κ1) is 23.7. The highest BCUT2D eigenvalue weighted by Gasteiger charge is 2.12. The van der Waals surface area contributed by atoms with Gasteiger partial charge in [-0.1, -0.05) is 54.6 Å². The molecule has 0 aliphatic heterocycles. The van der Waals surface area contributed by atoms with E-state index in [4.69, 9.17) is 21.9 Å². The van der Waals surface area contributed by atoms with Crippen molar-refractivity contribution >= 4 is 50.5 Å². The molecule has 178 valence electrons. The molecular weight excluding hydrogens is 486 g/mol. The van der Waals surface area contributed by atoms with Gasteiger partial charge in [-0.15, -0.1) is 11.3 Å². The van der Waals surface area contributed by atoms with E-state index in [1.165, 1.54) is 0 Å². The molecule has 0 saturated heterocycles. The highest BCUT2D eigenvalue weighted by molar-refractivity contribution is 7.80. The maximum atomic E-state index is 12.7. The minimum atomic E-state index is -0.290. The summed E-state index contributed by atoms with van der Waals surface area (Å²) in [4.78, 5) is 17.5. The van der Waals surface area contributed by atoms with Gasteiger partial charge in [0.1, 0.15) is 17.4 Å². The summed E-state index contributed by atoms with van der Waals surface area (Å²) >= 11 is 7.07. The number of thiazole rings is 1. The molecule has 4 aromatic carbocycles. The van der Waals surface area contributed by atoms with Crippen molar-refractivity contribution in [2.24, 2.45) is 0 Å². The second-order valence-electron chi connectivity index (χ2n) is 8.22. The van der Waals surface area contributed by atoms with E-state index in [2.05, 4.69) is 16.7 Å². The number of rotatable bonds is 6. The smallest absolute Gasteiger partial charge is 0.257 e. The Morgan fingerprint density at radius 2 is 1.69 bits per heavy atom. The number of anilines is 1. The van der Waals surface area contributed by atoms with Crippen LogP contribution in [0.25, 0.3) is 20.8 Å². The number of carbonyl (C=O) groups is 1. The normalized spacial score (nSPS) is 10.7. The number of nitrogens with one attached hydrogen (secondary N) is 2. The fraction of sp³-hybridized carbons (Fsp3) is 0.0690. The number of aromatic nitrogens is 1. The van der Waals surface area contributed by atoms with Crippen molar-refractivity contribution in [1.29, 1.82) is 0 Å². The van der Waals surface area contributed by atoms with Gasteiger partial charge >= 0.3 is 0 Å². The molecule has 2 N–H and O–H groups in total. The van der Waals surface area contributed by atoms with Gasteiger partial charge in [-0.2, -0.15) is 0 Å². The Kier molecular flexibility index (Phi) is 7.02. The first-order valence-corrected chi connectivity index (χ1v) is 12.6. The van der Waals surface area contributed by atoms with Gasteiger partial charge in [-0.3, -0.25) is 10.1 Å². The van der Waals surface area contributed by atoms with Crippen LogP contribution in [0.4, 0.5) is 5.69 Å². The van der Waals surface area contributed by atoms with Gasteiger partial charge in [0.25, 0.3) is 5.91 Å². The highest BCUT2D eigenvalue weighted by atomic mass is 32.1. The molecule has 5 rings (SSSR count). The largest absolute Gasteiger partial charge is 0.489 e. The molecule has 0 aliphatic carbocycles. The summed E-state index contributed by atoms with van der Waals surface area (Å²) in [6.07, 6.45) is 0. The van der Waals surface area contributed by atoms with Crippen LogP contribution in [-0.4, -0.2) is 16.0 Å². The molecule has 0 aliphatic rings. The Hall–Kier alpha value is -4.07. The van der Waals surface area contributed by atoms with Crippen LogP contribution < -0.4 is 15.4 Å². The van der Waals surface area contributed by atoms with Crippen molar-refractivity contribution in [2.75, 3.05) is 5.32 Å². The van der Waals surface area contributed by atoms with Gasteiger partial charge in [-0.25, -0.2) is 4.98 Å². The van der Waals surface area contributed by atoms with Gasteiger partial charge < -0.3 is 10.1 Å². The number of aryl methyl sites for hydroxylation is 1. The molecular formula is C29H23N3O2S2. The summed E-state index contributed by atoms with van der Waals surface area (Å²) in [5.41, 5.74) is 5.37. The van der Waals surface area contributed by atoms with Crippen molar-refractivity contribution in [3.05, 3.63) is 114 Å². The second kappa shape index (κ2) is 10.7. The van der Waals surface area contributed by atoms with Crippen LogP contribution >= 0.6 is 23.6 Å². The van der Waals surface area contributed by atoms with Crippen LogP contribution in [0.15, 0.2) is 97.1 Å². The van der Waals surface area contributed by atoms with Gasteiger partial charge in [0.2, 0.25) is 0 Å². The molecule has 5 nitrogen and oxygen atoms in total. The number of ether oxygens (including phenoxy) is 1. The third kappa shape index (κ3) is 5.59. The fourth-order valence-corrected chi connectivity index (χ4v) is 4.82. The predicted octanol–water partition coefficient (Wildman–Crippen LogP) is 6.98. The maximum Gasteiger partial charge on any atom is 0.257 e. The lowest BCUT2D eigenvalue weighted by molar-refractivity contribution is 0.0977. The van der Waals surface area contributed by atoms with E-state index >= 15 is 0 Å². The van der Waals surface area contributed by atoms with E-state index in [0.717, 1.165) is 37.6 Å². The fourth-order valence-electron chi connectivity index (χ4n) is 3.66. The first-order valence-electron chi connectivity index (χ1n) is 11.4. The molecule has 5 aromatic rings. The Bertz CT molecular complexity index is 1500. The van der Waals surface area contributed by atoms with Crippen LogP contribution in [0.3, 0.4) is 0 Å². The van der Waals surface area contributed by atoms with E-state index in [9.17, 15) is 4.79 Å². The minimum Gasteiger partial charge on any atom is -0.489 e. The van der Waals surface area contributed by atoms with Gasteiger partial charge in [0.15, 0.2) is 5.11 Å². The van der Waals surface area contributed by atoms with E-state index < -0.39 is 0 Å². The molecule has 0 radical (unpaired) electrons. The third-order valence-corrected chi connectivity index (χ3v) is 6.91. The minimum absolute atomic E-state index is 0.231. The van der Waals surface area contributed by atoms with Gasteiger partial charge in [-0.05, 0) is 72.7 Å². The highest BCUT2D eigenvalue weighted by Crippen LogP contribution is 2.32. The molecule has 0 atom stereocenters. The zero-order chi connectivity index (χ0) is 24.9. The molecule has 0 unspecified atom stereocenters. The number of thiocarbonyl (C=S) groups is 1. The van der Waals surface area contributed by atoms with E-state index in [1.54, 1.807) is 35.6 Å². The van der Waals surface area contributed by atoms with Gasteiger partial charge in [0, 0.05) is 16.8 Å². The lowest BCUT2D eigenvalue weighted by atomic mass is 10.1. The van der Waals surface area contributed by atoms with Crippen LogP contribution in [0.1, 0.15) is 21.5 Å². The van der Waals surface area contributed by atoms with Crippen LogP contribution in [-0.2, 0) is 6.61 Å². The van der Waals surface area contributed by atoms with Crippen LogP contribution in [0, 0.1) is 6.92 Å². The first-order chi connectivity index (χ1) is 17.5. The number of para-hydroxylation sites is 1. The van der Waals surface area contributed by atoms with Crippen molar-refractivity contribution in [3.8, 4) is 16.3 Å². The summed E-state index contributed by atoms with van der Waals surface area (Å²) in [6.45, 7) is 2.46. The maximum absolute atomic E-state index is 12.7. The standard InChI is InChI=1S/C29H23N3O2S2/c1-19-11-12-22(28-30-24-9-5-6-10-26(24)36-28)17-25(19)31-29(35)32-27(33)21-13-15-23(16-14-21)34-18-20-7-3-2-4-8-20/h2-17H,18H2,1H3,(H2,31,32,33,35). The number of hydrogen-bond donors (Lipinski definition) is 2.